The van der Waals surface area contributed by atoms with E-state index in [1.807, 2.05) is 0 Å². The Morgan fingerprint density at radius 1 is 0.727 bits per heavy atom. The van der Waals surface area contributed by atoms with E-state index in [9.17, 15) is 0 Å². The van der Waals surface area contributed by atoms with Gasteiger partial charge in [0.1, 0.15) is 5.75 Å². The Morgan fingerprint density at radius 3 is 2.18 bits per heavy atom. The van der Waals surface area contributed by atoms with E-state index in [1.54, 1.807) is 0 Å². The van der Waals surface area contributed by atoms with Crippen molar-refractivity contribution in [3.8, 4) is 17.6 Å². The Kier molecular flexibility index (Phi) is 8.48. The number of benzene rings is 3. The van der Waals surface area contributed by atoms with Crippen LogP contribution < -0.4 is 4.74 Å². The fraction of sp³-hybridized carbons (Fsp3) is 0.438. The molecule has 1 heteroatoms. The van der Waals surface area contributed by atoms with Crippen LogP contribution in [0, 0.1) is 17.8 Å². The predicted molar refractivity (Wildman–Crippen MR) is 141 cm³/mol. The highest BCUT2D eigenvalue weighted by Crippen LogP contribution is 2.35. The molecule has 1 fully saturated rings. The fourth-order valence-electron chi connectivity index (χ4n) is 4.86. The molecule has 0 aromatic heterocycles. The van der Waals surface area contributed by atoms with E-state index < -0.39 is 0 Å². The quantitative estimate of drug-likeness (QED) is 0.252. The molecule has 0 spiro atoms. The molecule has 1 aliphatic rings. The molecule has 0 heterocycles. The first kappa shape index (κ1) is 23.4. The SMILES string of the molecule is CCCCCCCOc1ccc2cc(C#Cc3ccc([C@H]4CC[C@H](C)CC4)cc3)ccc2c1. The van der Waals surface area contributed by atoms with Gasteiger partial charge in [0.25, 0.3) is 0 Å². The Bertz CT molecular complexity index is 1070. The first-order valence-electron chi connectivity index (χ1n) is 13.0. The zero-order valence-corrected chi connectivity index (χ0v) is 20.4. The van der Waals surface area contributed by atoms with Gasteiger partial charge in [-0.3, -0.25) is 0 Å². The van der Waals surface area contributed by atoms with Crippen molar-refractivity contribution in [2.45, 2.75) is 77.6 Å². The molecular weight excluding hydrogens is 400 g/mol. The first-order chi connectivity index (χ1) is 16.2. The van der Waals surface area contributed by atoms with Gasteiger partial charge in [-0.1, -0.05) is 88.5 Å². The molecule has 0 unspecified atom stereocenters. The summed E-state index contributed by atoms with van der Waals surface area (Å²) in [6, 6.07) is 21.8. The Hall–Kier alpha value is -2.72. The molecule has 4 rings (SSSR count). The average molecular weight is 439 g/mol. The Morgan fingerprint density at radius 2 is 1.39 bits per heavy atom. The summed E-state index contributed by atoms with van der Waals surface area (Å²) in [5.74, 6) is 9.29. The van der Waals surface area contributed by atoms with Crippen LogP contribution >= 0.6 is 0 Å². The van der Waals surface area contributed by atoms with Gasteiger partial charge >= 0.3 is 0 Å². The summed E-state index contributed by atoms with van der Waals surface area (Å²) in [7, 11) is 0. The van der Waals surface area contributed by atoms with E-state index >= 15 is 0 Å². The third-order valence-corrected chi connectivity index (χ3v) is 7.08. The van der Waals surface area contributed by atoms with Crippen molar-refractivity contribution in [2.75, 3.05) is 6.61 Å². The maximum absolute atomic E-state index is 5.96. The van der Waals surface area contributed by atoms with Crippen molar-refractivity contribution in [1.82, 2.24) is 0 Å². The lowest BCUT2D eigenvalue weighted by Gasteiger charge is -2.26. The second kappa shape index (κ2) is 11.9. The van der Waals surface area contributed by atoms with Crippen LogP contribution in [0.3, 0.4) is 0 Å². The maximum atomic E-state index is 5.96. The van der Waals surface area contributed by atoms with Crippen molar-refractivity contribution in [3.05, 3.63) is 77.4 Å². The number of hydrogen-bond acceptors (Lipinski definition) is 1. The first-order valence-corrected chi connectivity index (χ1v) is 13.0. The topological polar surface area (TPSA) is 9.23 Å². The van der Waals surface area contributed by atoms with Crippen LogP contribution in [0.15, 0.2) is 60.7 Å². The summed E-state index contributed by atoms with van der Waals surface area (Å²) in [5.41, 5.74) is 3.63. The maximum Gasteiger partial charge on any atom is 0.119 e. The summed E-state index contributed by atoms with van der Waals surface area (Å²) < 4.78 is 5.96. The molecule has 1 saturated carbocycles. The molecule has 1 nitrogen and oxygen atoms in total. The smallest absolute Gasteiger partial charge is 0.119 e. The van der Waals surface area contributed by atoms with Crippen molar-refractivity contribution < 1.29 is 4.74 Å². The number of fused-ring (bicyclic) bond motifs is 1. The molecule has 0 bridgehead atoms. The molecule has 0 N–H and O–H groups in total. The molecule has 33 heavy (non-hydrogen) atoms. The molecular formula is C32H38O. The van der Waals surface area contributed by atoms with E-state index in [2.05, 4.69) is 86.4 Å². The van der Waals surface area contributed by atoms with Crippen molar-refractivity contribution in [3.63, 3.8) is 0 Å². The van der Waals surface area contributed by atoms with Crippen LogP contribution in [-0.2, 0) is 0 Å². The minimum atomic E-state index is 0.735. The summed E-state index contributed by atoms with van der Waals surface area (Å²) in [4.78, 5) is 0. The van der Waals surface area contributed by atoms with Gasteiger partial charge in [0.15, 0.2) is 0 Å². The number of unbranched alkanes of at least 4 members (excludes halogenated alkanes) is 4. The van der Waals surface area contributed by atoms with Crippen LogP contribution in [-0.4, -0.2) is 6.61 Å². The van der Waals surface area contributed by atoms with Gasteiger partial charge in [-0.2, -0.15) is 0 Å². The van der Waals surface area contributed by atoms with Gasteiger partial charge < -0.3 is 4.74 Å². The van der Waals surface area contributed by atoms with Crippen LogP contribution in [0.2, 0.25) is 0 Å². The number of ether oxygens (including phenoxy) is 1. The molecule has 0 amide bonds. The third kappa shape index (κ3) is 6.88. The predicted octanol–water partition coefficient (Wildman–Crippen LogP) is 8.88. The minimum Gasteiger partial charge on any atom is -0.494 e. The molecule has 3 aromatic carbocycles. The van der Waals surface area contributed by atoms with Gasteiger partial charge in [0.2, 0.25) is 0 Å². The third-order valence-electron chi connectivity index (χ3n) is 7.08. The van der Waals surface area contributed by atoms with Crippen molar-refractivity contribution in [2.24, 2.45) is 5.92 Å². The minimum absolute atomic E-state index is 0.735. The van der Waals surface area contributed by atoms with Gasteiger partial charge in [-0.15, -0.1) is 0 Å². The van der Waals surface area contributed by atoms with Gasteiger partial charge in [0, 0.05) is 11.1 Å². The van der Waals surface area contributed by atoms with Crippen molar-refractivity contribution in [1.29, 1.82) is 0 Å². The largest absolute Gasteiger partial charge is 0.494 e. The number of hydrogen-bond donors (Lipinski definition) is 0. The lowest BCUT2D eigenvalue weighted by molar-refractivity contribution is 0.305. The summed E-state index contributed by atoms with van der Waals surface area (Å²) in [5, 5.41) is 2.41. The highest BCUT2D eigenvalue weighted by atomic mass is 16.5. The van der Waals surface area contributed by atoms with Gasteiger partial charge in [0.05, 0.1) is 6.61 Å². The van der Waals surface area contributed by atoms with Crippen LogP contribution in [0.4, 0.5) is 0 Å². The summed E-state index contributed by atoms with van der Waals surface area (Å²) in [6.45, 7) is 5.43. The van der Waals surface area contributed by atoms with E-state index in [1.165, 1.54) is 67.7 Å². The Balaban J connectivity index is 1.34. The summed E-state index contributed by atoms with van der Waals surface area (Å²) >= 11 is 0. The zero-order valence-electron chi connectivity index (χ0n) is 20.4. The fourth-order valence-corrected chi connectivity index (χ4v) is 4.86. The monoisotopic (exact) mass is 438 g/mol. The van der Waals surface area contributed by atoms with Crippen LogP contribution in [0.5, 0.6) is 5.75 Å². The van der Waals surface area contributed by atoms with E-state index in [4.69, 9.17) is 4.74 Å². The van der Waals surface area contributed by atoms with Crippen LogP contribution in [0.1, 0.15) is 94.2 Å². The molecule has 172 valence electrons. The van der Waals surface area contributed by atoms with E-state index in [0.717, 1.165) is 41.7 Å². The molecule has 0 atom stereocenters. The lowest BCUT2D eigenvalue weighted by Crippen LogP contribution is -2.10. The normalized spacial score (nSPS) is 18.0. The average Bonchev–Trinajstić information content (AvgIpc) is 2.85. The molecule has 0 radical (unpaired) electrons. The highest BCUT2D eigenvalue weighted by molar-refractivity contribution is 5.85. The number of rotatable bonds is 8. The lowest BCUT2D eigenvalue weighted by atomic mass is 9.79. The standard InChI is InChI=1S/C32H38O/c1-3-4-5-6-7-22-33-32-21-20-30-23-27(14-19-31(30)24-32)11-10-26-12-17-29(18-13-26)28-15-8-25(2)9-16-28/h12-14,17-21,23-25,28H,3-9,15-16,22H2,1-2H3/t25-,28-. The highest BCUT2D eigenvalue weighted by Gasteiger charge is 2.19. The van der Waals surface area contributed by atoms with E-state index in [0.29, 0.717) is 0 Å². The Labute approximate surface area is 200 Å². The molecule has 0 saturated heterocycles. The van der Waals surface area contributed by atoms with Crippen molar-refractivity contribution >= 4 is 10.8 Å². The van der Waals surface area contributed by atoms with Crippen LogP contribution in [0.25, 0.3) is 10.8 Å². The van der Waals surface area contributed by atoms with Gasteiger partial charge in [-0.05, 0) is 83.8 Å². The van der Waals surface area contributed by atoms with Gasteiger partial charge in [-0.25, -0.2) is 0 Å². The molecule has 1 aliphatic carbocycles. The zero-order chi connectivity index (χ0) is 22.9. The molecule has 0 aliphatic heterocycles. The summed E-state index contributed by atoms with van der Waals surface area (Å²) in [6.07, 6.45) is 11.7. The molecule has 3 aromatic rings. The second-order valence-electron chi connectivity index (χ2n) is 9.82. The van der Waals surface area contributed by atoms with E-state index in [-0.39, 0.29) is 0 Å². The second-order valence-corrected chi connectivity index (χ2v) is 9.82.